The predicted octanol–water partition coefficient (Wildman–Crippen LogP) is 1.49. The molecule has 4 N–H and O–H groups in total. The Morgan fingerprint density at radius 3 is 2.57 bits per heavy atom. The summed E-state index contributed by atoms with van der Waals surface area (Å²) >= 11 is 0. The number of halogens is 1. The van der Waals surface area contributed by atoms with Crippen molar-refractivity contribution < 1.29 is 4.39 Å². The summed E-state index contributed by atoms with van der Waals surface area (Å²) in [5.41, 5.74) is 10.1. The van der Waals surface area contributed by atoms with Crippen LogP contribution in [0.2, 0.25) is 0 Å². The van der Waals surface area contributed by atoms with Gasteiger partial charge in [-0.1, -0.05) is 0 Å². The normalized spacial score (nSPS) is 35.0. The first-order valence-corrected chi connectivity index (χ1v) is 4.93. The summed E-state index contributed by atoms with van der Waals surface area (Å²) in [6.45, 7) is 1.65. The number of allylic oxidation sites excluding steroid dienone is 1. The topological polar surface area (TPSA) is 64.4 Å². The Bertz CT molecular complexity index is 236. The number of hydrogen-bond acceptors (Lipinski definition) is 3. The molecule has 0 heterocycles. The van der Waals surface area contributed by atoms with E-state index in [2.05, 4.69) is 4.99 Å². The Morgan fingerprint density at radius 2 is 2.07 bits per heavy atom. The maximum atomic E-state index is 13.4. The number of aliphatic imine (C=N–C) groups is 1. The first-order chi connectivity index (χ1) is 6.53. The molecular weight excluding hydrogens is 181 g/mol. The lowest BCUT2D eigenvalue weighted by atomic mass is 9.85. The average Bonchev–Trinajstić information content (AvgIpc) is 2.16. The smallest absolute Gasteiger partial charge is 0.108 e. The number of hydrogen-bond donors (Lipinski definition) is 2. The van der Waals surface area contributed by atoms with Crippen LogP contribution >= 0.6 is 0 Å². The van der Waals surface area contributed by atoms with Crippen LogP contribution in [-0.2, 0) is 0 Å². The van der Waals surface area contributed by atoms with Gasteiger partial charge >= 0.3 is 0 Å². The van der Waals surface area contributed by atoms with Gasteiger partial charge in [0.25, 0.3) is 0 Å². The Kier molecular flexibility index (Phi) is 3.49. The van der Waals surface area contributed by atoms with Crippen molar-refractivity contribution >= 4 is 6.21 Å². The molecule has 1 saturated carbocycles. The standard InChI is InChI=1S/C10H18FN3/c1-10(11)4-2-9(3-5-10)14-7-8(13)6-12/h6-7,9H,2-5,12-13H2,1H3. The van der Waals surface area contributed by atoms with E-state index in [-0.39, 0.29) is 6.04 Å². The third-order valence-corrected chi connectivity index (χ3v) is 2.62. The van der Waals surface area contributed by atoms with Crippen molar-refractivity contribution in [2.75, 3.05) is 0 Å². The molecule has 1 rings (SSSR count). The van der Waals surface area contributed by atoms with Crippen LogP contribution in [0.15, 0.2) is 16.9 Å². The van der Waals surface area contributed by atoms with Gasteiger partial charge in [0.15, 0.2) is 0 Å². The Morgan fingerprint density at radius 1 is 1.50 bits per heavy atom. The maximum absolute atomic E-state index is 13.4. The highest BCUT2D eigenvalue weighted by Gasteiger charge is 2.29. The SMILES string of the molecule is CC1(F)CCC(N=CC(N)=CN)CC1. The van der Waals surface area contributed by atoms with Crippen molar-refractivity contribution in [1.29, 1.82) is 0 Å². The Hall–Kier alpha value is -1.06. The van der Waals surface area contributed by atoms with Crippen molar-refractivity contribution in [3.8, 4) is 0 Å². The highest BCUT2D eigenvalue weighted by molar-refractivity contribution is 5.77. The molecule has 3 nitrogen and oxygen atoms in total. The fraction of sp³-hybridized carbons (Fsp3) is 0.700. The fourth-order valence-corrected chi connectivity index (χ4v) is 1.59. The van der Waals surface area contributed by atoms with E-state index in [1.165, 1.54) is 6.20 Å². The number of rotatable bonds is 2. The molecule has 1 aliphatic carbocycles. The maximum Gasteiger partial charge on any atom is 0.108 e. The molecule has 0 aromatic carbocycles. The van der Waals surface area contributed by atoms with Gasteiger partial charge in [0.05, 0.1) is 11.7 Å². The second kappa shape index (κ2) is 4.44. The van der Waals surface area contributed by atoms with Crippen LogP contribution in [0.25, 0.3) is 0 Å². The quantitative estimate of drug-likeness (QED) is 0.662. The molecule has 0 aliphatic heterocycles. The molecule has 0 unspecified atom stereocenters. The van der Waals surface area contributed by atoms with Gasteiger partial charge in [-0.3, -0.25) is 4.99 Å². The summed E-state index contributed by atoms with van der Waals surface area (Å²) < 4.78 is 13.4. The summed E-state index contributed by atoms with van der Waals surface area (Å²) in [6.07, 6.45) is 5.63. The minimum atomic E-state index is -0.999. The summed E-state index contributed by atoms with van der Waals surface area (Å²) in [5.74, 6) is 0. The van der Waals surface area contributed by atoms with Gasteiger partial charge in [0, 0.05) is 12.4 Å². The van der Waals surface area contributed by atoms with E-state index < -0.39 is 5.67 Å². The zero-order chi connectivity index (χ0) is 10.6. The number of nitrogens with two attached hydrogens (primary N) is 2. The van der Waals surface area contributed by atoms with Crippen molar-refractivity contribution in [1.82, 2.24) is 0 Å². The van der Waals surface area contributed by atoms with Gasteiger partial charge in [0.1, 0.15) is 5.67 Å². The molecule has 0 bridgehead atoms. The molecule has 4 heteroatoms. The third kappa shape index (κ3) is 3.36. The van der Waals surface area contributed by atoms with Crippen LogP contribution in [0.5, 0.6) is 0 Å². The first-order valence-electron chi connectivity index (χ1n) is 4.93. The van der Waals surface area contributed by atoms with Crippen LogP contribution in [0, 0.1) is 0 Å². The van der Waals surface area contributed by atoms with Crippen molar-refractivity contribution in [3.05, 3.63) is 11.9 Å². The molecule has 0 atom stereocenters. The van der Waals surface area contributed by atoms with Crippen LogP contribution in [0.3, 0.4) is 0 Å². The van der Waals surface area contributed by atoms with Gasteiger partial charge in [-0.05, 0) is 32.6 Å². The zero-order valence-corrected chi connectivity index (χ0v) is 8.54. The van der Waals surface area contributed by atoms with Crippen LogP contribution < -0.4 is 11.5 Å². The highest BCUT2D eigenvalue weighted by Crippen LogP contribution is 2.32. The van der Waals surface area contributed by atoms with Gasteiger partial charge in [-0.2, -0.15) is 0 Å². The van der Waals surface area contributed by atoms with Crippen LogP contribution in [0.1, 0.15) is 32.6 Å². The summed E-state index contributed by atoms with van der Waals surface area (Å²) in [6, 6.07) is 0.206. The van der Waals surface area contributed by atoms with Crippen LogP contribution in [0.4, 0.5) is 4.39 Å². The monoisotopic (exact) mass is 199 g/mol. The lowest BCUT2D eigenvalue weighted by Gasteiger charge is -2.28. The van der Waals surface area contributed by atoms with Crippen molar-refractivity contribution in [3.63, 3.8) is 0 Å². The van der Waals surface area contributed by atoms with E-state index in [0.29, 0.717) is 18.5 Å². The number of nitrogens with zero attached hydrogens (tertiary/aromatic N) is 1. The molecule has 0 radical (unpaired) electrons. The third-order valence-electron chi connectivity index (χ3n) is 2.62. The molecule has 14 heavy (non-hydrogen) atoms. The minimum Gasteiger partial charge on any atom is -0.403 e. The highest BCUT2D eigenvalue weighted by atomic mass is 19.1. The molecule has 1 fully saturated rings. The lowest BCUT2D eigenvalue weighted by molar-refractivity contribution is 0.121. The first kappa shape index (κ1) is 11.0. The molecule has 0 saturated heterocycles. The van der Waals surface area contributed by atoms with E-state index in [1.54, 1.807) is 13.1 Å². The summed E-state index contributed by atoms with van der Waals surface area (Å²) in [7, 11) is 0. The second-order valence-electron chi connectivity index (χ2n) is 4.09. The molecule has 0 aromatic rings. The molecule has 80 valence electrons. The molecule has 0 amide bonds. The van der Waals surface area contributed by atoms with E-state index in [0.717, 1.165) is 12.8 Å². The van der Waals surface area contributed by atoms with E-state index >= 15 is 0 Å². The van der Waals surface area contributed by atoms with E-state index in [1.807, 2.05) is 0 Å². The zero-order valence-electron chi connectivity index (χ0n) is 8.54. The minimum absolute atomic E-state index is 0.206. The predicted molar refractivity (Wildman–Crippen MR) is 56.7 cm³/mol. The fourth-order valence-electron chi connectivity index (χ4n) is 1.59. The summed E-state index contributed by atoms with van der Waals surface area (Å²) in [4.78, 5) is 4.25. The molecule has 1 aliphatic rings. The van der Waals surface area contributed by atoms with E-state index in [9.17, 15) is 4.39 Å². The van der Waals surface area contributed by atoms with Crippen LogP contribution in [-0.4, -0.2) is 17.9 Å². The lowest BCUT2D eigenvalue weighted by Crippen LogP contribution is -2.27. The van der Waals surface area contributed by atoms with Crippen molar-refractivity contribution in [2.24, 2.45) is 16.5 Å². The summed E-state index contributed by atoms with van der Waals surface area (Å²) in [5, 5.41) is 0. The second-order valence-corrected chi connectivity index (χ2v) is 4.09. The Balaban J connectivity index is 2.40. The largest absolute Gasteiger partial charge is 0.403 e. The van der Waals surface area contributed by atoms with Gasteiger partial charge in [-0.15, -0.1) is 0 Å². The Labute approximate surface area is 84.1 Å². The van der Waals surface area contributed by atoms with E-state index in [4.69, 9.17) is 11.5 Å². The van der Waals surface area contributed by atoms with Gasteiger partial charge in [0.2, 0.25) is 0 Å². The molecule has 0 aromatic heterocycles. The van der Waals surface area contributed by atoms with Gasteiger partial charge < -0.3 is 11.5 Å². The van der Waals surface area contributed by atoms with Crippen molar-refractivity contribution in [2.45, 2.75) is 44.3 Å². The number of alkyl halides is 1. The average molecular weight is 199 g/mol. The van der Waals surface area contributed by atoms with Gasteiger partial charge in [-0.25, -0.2) is 4.39 Å². The molecular formula is C10H18FN3. The molecule has 0 spiro atoms.